The summed E-state index contributed by atoms with van der Waals surface area (Å²) in [5.74, 6) is 0.198. The van der Waals surface area contributed by atoms with E-state index in [0.717, 1.165) is 0 Å². The third kappa shape index (κ3) is 5.95. The number of hydrogen-bond donors (Lipinski definition) is 0. The second kappa shape index (κ2) is 11.5. The first-order valence-electron chi connectivity index (χ1n) is 11.5. The third-order valence-electron chi connectivity index (χ3n) is 5.85. The first kappa shape index (κ1) is 26.2. The molecule has 0 spiro atoms. The summed E-state index contributed by atoms with van der Waals surface area (Å²) in [7, 11) is 0. The number of ether oxygens (including phenoxy) is 1. The third-order valence-corrected chi connectivity index (χ3v) is 6.67. The summed E-state index contributed by atoms with van der Waals surface area (Å²) in [4.78, 5) is 39.3. The average Bonchev–Trinajstić information content (AvgIpc) is 3.37. The molecule has 192 valence electrons. The summed E-state index contributed by atoms with van der Waals surface area (Å²) < 4.78 is 10.7. The number of esters is 1. The zero-order valence-electron chi connectivity index (χ0n) is 19.9. The van der Waals surface area contributed by atoms with Crippen LogP contribution >= 0.6 is 23.2 Å². The summed E-state index contributed by atoms with van der Waals surface area (Å²) in [6.07, 6.45) is 3.00. The molecule has 9 nitrogen and oxygen atoms in total. The van der Waals surface area contributed by atoms with Gasteiger partial charge in [-0.15, -0.1) is 0 Å². The van der Waals surface area contributed by atoms with E-state index in [0.29, 0.717) is 59.0 Å². The van der Waals surface area contributed by atoms with Gasteiger partial charge in [-0.2, -0.15) is 0 Å². The molecule has 2 heterocycles. The maximum atomic E-state index is 12.7. The van der Waals surface area contributed by atoms with Crippen molar-refractivity contribution in [2.75, 3.05) is 37.7 Å². The van der Waals surface area contributed by atoms with Gasteiger partial charge >= 0.3 is 5.97 Å². The lowest BCUT2D eigenvalue weighted by Gasteiger charge is -2.35. The molecule has 1 fully saturated rings. The van der Waals surface area contributed by atoms with E-state index in [-0.39, 0.29) is 23.8 Å². The highest BCUT2D eigenvalue weighted by Gasteiger charge is 2.26. The van der Waals surface area contributed by atoms with Gasteiger partial charge in [-0.25, -0.2) is 4.79 Å². The number of nitrogens with zero attached hydrogens (tertiary/aromatic N) is 3. The Morgan fingerprint density at radius 1 is 1.11 bits per heavy atom. The molecule has 0 saturated carbocycles. The van der Waals surface area contributed by atoms with Gasteiger partial charge in [0.1, 0.15) is 17.2 Å². The molecule has 1 aromatic heterocycles. The number of nitro benzene ring substituents is 1. The van der Waals surface area contributed by atoms with E-state index in [4.69, 9.17) is 32.4 Å². The molecule has 0 bridgehead atoms. The molecule has 0 unspecified atom stereocenters. The first-order chi connectivity index (χ1) is 17.8. The van der Waals surface area contributed by atoms with Crippen molar-refractivity contribution in [1.82, 2.24) is 4.90 Å². The Labute approximate surface area is 223 Å². The number of amides is 1. The monoisotopic (exact) mass is 543 g/mol. The Morgan fingerprint density at radius 3 is 2.57 bits per heavy atom. The number of furan rings is 1. The molecule has 1 saturated heterocycles. The fraction of sp³-hybridized carbons (Fsp3) is 0.231. The van der Waals surface area contributed by atoms with Crippen LogP contribution in [0.25, 0.3) is 17.4 Å². The number of hydrogen-bond acceptors (Lipinski definition) is 7. The minimum atomic E-state index is -0.612. The van der Waals surface area contributed by atoms with Crippen molar-refractivity contribution in [2.45, 2.75) is 6.92 Å². The van der Waals surface area contributed by atoms with E-state index in [1.165, 1.54) is 18.2 Å². The van der Waals surface area contributed by atoms with Crippen LogP contribution in [0, 0.1) is 10.1 Å². The van der Waals surface area contributed by atoms with Crippen LogP contribution in [0.1, 0.15) is 23.0 Å². The number of anilines is 1. The summed E-state index contributed by atoms with van der Waals surface area (Å²) in [5, 5.41) is 12.5. The van der Waals surface area contributed by atoms with Gasteiger partial charge in [0.2, 0.25) is 5.91 Å². The predicted octanol–water partition coefficient (Wildman–Crippen LogP) is 5.70. The van der Waals surface area contributed by atoms with Crippen LogP contribution in [0.4, 0.5) is 11.4 Å². The lowest BCUT2D eigenvalue weighted by Crippen LogP contribution is -2.48. The highest BCUT2D eigenvalue weighted by Crippen LogP contribution is 2.34. The minimum Gasteiger partial charge on any atom is -0.462 e. The largest absolute Gasteiger partial charge is 0.462 e. The van der Waals surface area contributed by atoms with Crippen molar-refractivity contribution in [1.29, 1.82) is 0 Å². The molecule has 3 aromatic rings. The summed E-state index contributed by atoms with van der Waals surface area (Å²) in [5.41, 5.74) is 0.984. The van der Waals surface area contributed by atoms with Crippen LogP contribution in [-0.4, -0.2) is 54.5 Å². The van der Waals surface area contributed by atoms with Crippen LogP contribution in [-0.2, 0) is 9.53 Å². The van der Waals surface area contributed by atoms with Crippen molar-refractivity contribution >= 4 is 52.5 Å². The molecular weight excluding hydrogens is 521 g/mol. The number of halogens is 2. The van der Waals surface area contributed by atoms with Crippen LogP contribution in [0.5, 0.6) is 0 Å². The quantitative estimate of drug-likeness (QED) is 0.163. The number of piperazine rings is 1. The van der Waals surface area contributed by atoms with Gasteiger partial charge in [0.05, 0.1) is 27.1 Å². The van der Waals surface area contributed by atoms with E-state index in [1.54, 1.807) is 54.3 Å². The molecule has 1 aliphatic rings. The Morgan fingerprint density at radius 2 is 1.86 bits per heavy atom. The predicted molar refractivity (Wildman–Crippen MR) is 141 cm³/mol. The van der Waals surface area contributed by atoms with Crippen molar-refractivity contribution in [3.63, 3.8) is 0 Å². The molecule has 1 amide bonds. The molecule has 11 heteroatoms. The van der Waals surface area contributed by atoms with Crippen LogP contribution in [0.3, 0.4) is 0 Å². The zero-order chi connectivity index (χ0) is 26.5. The fourth-order valence-corrected chi connectivity index (χ4v) is 4.38. The zero-order valence-corrected chi connectivity index (χ0v) is 21.4. The van der Waals surface area contributed by atoms with Crippen molar-refractivity contribution in [3.8, 4) is 11.3 Å². The van der Waals surface area contributed by atoms with Gasteiger partial charge in [0.25, 0.3) is 5.69 Å². The average molecular weight is 544 g/mol. The van der Waals surface area contributed by atoms with Gasteiger partial charge in [-0.3, -0.25) is 14.9 Å². The number of nitro groups is 1. The summed E-state index contributed by atoms with van der Waals surface area (Å²) in [6, 6.07) is 13.0. The normalized spacial score (nSPS) is 13.7. The molecule has 37 heavy (non-hydrogen) atoms. The fourth-order valence-electron chi connectivity index (χ4n) is 3.99. The van der Waals surface area contributed by atoms with Crippen LogP contribution < -0.4 is 4.90 Å². The van der Waals surface area contributed by atoms with Crippen molar-refractivity contribution in [2.24, 2.45) is 0 Å². The first-order valence-corrected chi connectivity index (χ1v) is 12.3. The highest BCUT2D eigenvalue weighted by atomic mass is 35.5. The van der Waals surface area contributed by atoms with Gasteiger partial charge < -0.3 is 19.0 Å². The summed E-state index contributed by atoms with van der Waals surface area (Å²) >= 11 is 12.3. The second-order valence-corrected chi connectivity index (χ2v) is 8.92. The molecule has 2 aromatic carbocycles. The van der Waals surface area contributed by atoms with Gasteiger partial charge in [-0.05, 0) is 49.4 Å². The van der Waals surface area contributed by atoms with Crippen LogP contribution in [0.2, 0.25) is 10.0 Å². The van der Waals surface area contributed by atoms with Crippen molar-refractivity contribution in [3.05, 3.63) is 86.1 Å². The van der Waals surface area contributed by atoms with Crippen LogP contribution in [0.15, 0.2) is 59.0 Å². The van der Waals surface area contributed by atoms with E-state index in [1.807, 2.05) is 4.90 Å². The lowest BCUT2D eigenvalue weighted by atomic mass is 10.1. The van der Waals surface area contributed by atoms with E-state index in [2.05, 4.69) is 0 Å². The number of carbonyl (C=O) groups excluding carboxylic acids is 2. The standard InChI is InChI=1S/C26H23Cl2N3O6/c1-2-36-26(33)17-6-9-21(22(16-17)31(34)35)29-12-14-30(15-13-29)24(32)11-8-18-7-10-23(37-18)19-4-3-5-20(27)25(19)28/h3-11,16H,2,12-15H2,1H3/b11-8+. The maximum Gasteiger partial charge on any atom is 0.338 e. The maximum absolute atomic E-state index is 12.7. The molecule has 0 aliphatic carbocycles. The molecule has 0 atom stereocenters. The molecule has 1 aliphatic heterocycles. The number of rotatable bonds is 7. The topological polar surface area (TPSA) is 106 Å². The van der Waals surface area contributed by atoms with E-state index in [9.17, 15) is 19.7 Å². The molecule has 0 N–H and O–H groups in total. The molecule has 4 rings (SSSR count). The number of carbonyl (C=O) groups is 2. The van der Waals surface area contributed by atoms with Gasteiger partial charge in [0, 0.05) is 43.9 Å². The Hall–Kier alpha value is -3.82. The molecular formula is C26H23Cl2N3O6. The Kier molecular flexibility index (Phi) is 8.15. The Bertz CT molecular complexity index is 1360. The number of benzene rings is 2. The SMILES string of the molecule is CCOC(=O)c1ccc(N2CCN(C(=O)/C=C/c3ccc(-c4cccc(Cl)c4Cl)o3)CC2)c([N+](=O)[O-])c1. The molecule has 0 radical (unpaired) electrons. The second-order valence-electron chi connectivity index (χ2n) is 8.13. The van der Waals surface area contributed by atoms with E-state index >= 15 is 0 Å². The van der Waals surface area contributed by atoms with Gasteiger partial charge in [-0.1, -0.05) is 29.3 Å². The van der Waals surface area contributed by atoms with Gasteiger partial charge in [0.15, 0.2) is 0 Å². The van der Waals surface area contributed by atoms with Crippen molar-refractivity contribution < 1.29 is 23.7 Å². The smallest absolute Gasteiger partial charge is 0.338 e. The highest BCUT2D eigenvalue weighted by molar-refractivity contribution is 6.43. The lowest BCUT2D eigenvalue weighted by molar-refractivity contribution is -0.384. The minimum absolute atomic E-state index is 0.120. The summed E-state index contributed by atoms with van der Waals surface area (Å²) in [6.45, 7) is 3.40. The Balaban J connectivity index is 1.39. The van der Waals surface area contributed by atoms with E-state index < -0.39 is 10.9 Å².